The molecular formula is C22H19Cl2N3O3. The van der Waals surface area contributed by atoms with Crippen LogP contribution >= 0.6 is 23.2 Å². The Morgan fingerprint density at radius 2 is 1.90 bits per heavy atom. The summed E-state index contributed by atoms with van der Waals surface area (Å²) in [4.78, 5) is 12.4. The largest absolute Gasteiger partial charge is 0.485 e. The van der Waals surface area contributed by atoms with Gasteiger partial charge >= 0.3 is 0 Å². The molecule has 1 aliphatic heterocycles. The van der Waals surface area contributed by atoms with E-state index in [1.807, 2.05) is 48.7 Å². The molecule has 3 aromatic rings. The van der Waals surface area contributed by atoms with Gasteiger partial charge in [0, 0.05) is 22.6 Å². The smallest absolute Gasteiger partial charge is 0.284 e. The monoisotopic (exact) mass is 443 g/mol. The molecule has 0 aliphatic carbocycles. The van der Waals surface area contributed by atoms with Crippen molar-refractivity contribution < 1.29 is 14.3 Å². The van der Waals surface area contributed by atoms with E-state index in [4.69, 9.17) is 32.7 Å². The molecule has 0 unspecified atom stereocenters. The number of aromatic nitrogens is 1. The number of halogens is 2. The first kappa shape index (κ1) is 20.3. The van der Waals surface area contributed by atoms with Crippen molar-refractivity contribution in [1.82, 2.24) is 9.99 Å². The van der Waals surface area contributed by atoms with E-state index >= 15 is 0 Å². The number of hydrogen-bond acceptors (Lipinski definition) is 4. The predicted octanol–water partition coefficient (Wildman–Crippen LogP) is 4.69. The molecule has 8 heteroatoms. The van der Waals surface area contributed by atoms with Gasteiger partial charge in [0.15, 0.2) is 11.5 Å². The fourth-order valence-electron chi connectivity index (χ4n) is 3.33. The summed E-state index contributed by atoms with van der Waals surface area (Å²) in [5, 5.41) is 5.08. The summed E-state index contributed by atoms with van der Waals surface area (Å²) >= 11 is 12.2. The van der Waals surface area contributed by atoms with Crippen molar-refractivity contribution in [3.63, 3.8) is 0 Å². The summed E-state index contributed by atoms with van der Waals surface area (Å²) < 4.78 is 13.3. The highest BCUT2D eigenvalue weighted by atomic mass is 35.5. The number of carbonyl (C=O) groups excluding carboxylic acids is 1. The molecule has 1 aliphatic rings. The Labute approximate surface area is 184 Å². The zero-order valence-electron chi connectivity index (χ0n) is 16.4. The van der Waals surface area contributed by atoms with E-state index in [2.05, 4.69) is 10.5 Å². The molecule has 0 radical (unpaired) electrons. The molecule has 0 saturated carbocycles. The highest BCUT2D eigenvalue weighted by Crippen LogP contribution is 2.31. The van der Waals surface area contributed by atoms with Gasteiger partial charge in [-0.2, -0.15) is 5.10 Å². The lowest BCUT2D eigenvalue weighted by atomic mass is 10.2. The van der Waals surface area contributed by atoms with Crippen molar-refractivity contribution >= 4 is 35.3 Å². The maximum Gasteiger partial charge on any atom is 0.284 e. The molecule has 0 bridgehead atoms. The second kappa shape index (κ2) is 8.42. The lowest BCUT2D eigenvalue weighted by Crippen LogP contribution is -2.42. The number of aryl methyl sites for hydroxylation is 1. The number of hydrazone groups is 1. The molecule has 1 atom stereocenters. The maximum atomic E-state index is 12.4. The summed E-state index contributed by atoms with van der Waals surface area (Å²) in [5.41, 5.74) is 6.24. The van der Waals surface area contributed by atoms with Crippen LogP contribution in [0.4, 0.5) is 0 Å². The molecular weight excluding hydrogens is 425 g/mol. The molecule has 2 heterocycles. The normalized spacial score (nSPS) is 15.4. The Kier molecular flexibility index (Phi) is 5.70. The number of fused-ring (bicyclic) bond motifs is 1. The SMILES string of the molecule is Cc1cc(/C=N\NC(=O)[C@H]2COc3ccccc3O2)c(C)n1-c1ccc(Cl)c(Cl)c1. The van der Waals surface area contributed by atoms with Gasteiger partial charge in [0.25, 0.3) is 5.91 Å². The Hall–Kier alpha value is -2.96. The van der Waals surface area contributed by atoms with Gasteiger partial charge < -0.3 is 14.0 Å². The van der Waals surface area contributed by atoms with Crippen molar-refractivity contribution in [2.45, 2.75) is 20.0 Å². The van der Waals surface area contributed by atoms with Crippen LogP contribution in [0, 0.1) is 13.8 Å². The average Bonchev–Trinajstić information content (AvgIpc) is 3.03. The predicted molar refractivity (Wildman–Crippen MR) is 117 cm³/mol. The Bertz CT molecular complexity index is 1140. The maximum absolute atomic E-state index is 12.4. The summed E-state index contributed by atoms with van der Waals surface area (Å²) in [6.45, 7) is 4.08. The van der Waals surface area contributed by atoms with Gasteiger partial charge in [0.1, 0.15) is 6.61 Å². The summed E-state index contributed by atoms with van der Waals surface area (Å²) in [6.07, 6.45) is 0.840. The Balaban J connectivity index is 1.46. The van der Waals surface area contributed by atoms with Crippen LogP contribution in [0.1, 0.15) is 17.0 Å². The molecule has 4 rings (SSSR count). The van der Waals surface area contributed by atoms with E-state index in [1.54, 1.807) is 24.4 Å². The second-order valence-electron chi connectivity index (χ2n) is 6.86. The number of carbonyl (C=O) groups is 1. The van der Waals surface area contributed by atoms with Crippen LogP contribution in [-0.4, -0.2) is 29.4 Å². The highest BCUT2D eigenvalue weighted by Gasteiger charge is 2.27. The lowest BCUT2D eigenvalue weighted by molar-refractivity contribution is -0.130. The van der Waals surface area contributed by atoms with Crippen molar-refractivity contribution in [2.75, 3.05) is 6.61 Å². The fraction of sp³-hybridized carbons (Fsp3) is 0.182. The van der Waals surface area contributed by atoms with Crippen LogP contribution in [0.15, 0.2) is 53.6 Å². The molecule has 0 fully saturated rings. The molecule has 1 aromatic heterocycles. The average molecular weight is 444 g/mol. The number of rotatable bonds is 4. The van der Waals surface area contributed by atoms with Crippen LogP contribution in [0.3, 0.4) is 0 Å². The van der Waals surface area contributed by atoms with Crippen molar-refractivity contribution in [1.29, 1.82) is 0 Å². The molecule has 1 amide bonds. The highest BCUT2D eigenvalue weighted by molar-refractivity contribution is 6.42. The van der Waals surface area contributed by atoms with Crippen LogP contribution < -0.4 is 14.9 Å². The molecule has 154 valence electrons. The van der Waals surface area contributed by atoms with E-state index < -0.39 is 6.10 Å². The second-order valence-corrected chi connectivity index (χ2v) is 7.67. The standard InChI is InChI=1S/C22H19Cl2N3O3/c1-13-9-15(14(2)27(13)16-7-8-17(23)18(24)10-16)11-25-26-22(28)21-12-29-19-5-3-4-6-20(19)30-21/h3-11,21H,12H2,1-2H3,(H,26,28)/b25-11-/t21-/m1/s1. The molecule has 0 saturated heterocycles. The number of hydrogen-bond donors (Lipinski definition) is 1. The number of amides is 1. The first-order valence-corrected chi connectivity index (χ1v) is 10.1. The number of nitrogens with one attached hydrogen (secondary N) is 1. The van der Waals surface area contributed by atoms with Crippen molar-refractivity contribution in [2.24, 2.45) is 5.10 Å². The zero-order chi connectivity index (χ0) is 21.3. The molecule has 30 heavy (non-hydrogen) atoms. The quantitative estimate of drug-likeness (QED) is 0.469. The zero-order valence-corrected chi connectivity index (χ0v) is 17.9. The molecule has 2 aromatic carbocycles. The third-order valence-corrected chi connectivity index (χ3v) is 5.55. The first-order chi connectivity index (χ1) is 14.4. The number of nitrogens with zero attached hydrogens (tertiary/aromatic N) is 2. The van der Waals surface area contributed by atoms with Crippen LogP contribution in [-0.2, 0) is 4.79 Å². The number of para-hydroxylation sites is 2. The van der Waals surface area contributed by atoms with Crippen molar-refractivity contribution in [3.05, 3.63) is 75.5 Å². The Morgan fingerprint density at radius 1 is 1.13 bits per heavy atom. The van der Waals surface area contributed by atoms with Gasteiger partial charge in [-0.25, -0.2) is 5.43 Å². The Morgan fingerprint density at radius 3 is 2.67 bits per heavy atom. The van der Waals surface area contributed by atoms with Gasteiger partial charge in [-0.3, -0.25) is 4.79 Å². The third-order valence-electron chi connectivity index (χ3n) is 4.81. The van der Waals surface area contributed by atoms with E-state index in [-0.39, 0.29) is 12.5 Å². The molecule has 1 N–H and O–H groups in total. The summed E-state index contributed by atoms with van der Waals surface area (Å²) in [5.74, 6) is 0.789. The minimum absolute atomic E-state index is 0.129. The minimum atomic E-state index is -0.763. The fourth-order valence-corrected chi connectivity index (χ4v) is 3.62. The van der Waals surface area contributed by atoms with Gasteiger partial charge in [-0.1, -0.05) is 35.3 Å². The van der Waals surface area contributed by atoms with Gasteiger partial charge in [0.05, 0.1) is 16.3 Å². The minimum Gasteiger partial charge on any atom is -0.485 e. The van der Waals surface area contributed by atoms with Crippen LogP contribution in [0.5, 0.6) is 11.5 Å². The van der Waals surface area contributed by atoms with E-state index in [9.17, 15) is 4.79 Å². The van der Waals surface area contributed by atoms with Crippen molar-refractivity contribution in [3.8, 4) is 17.2 Å². The summed E-state index contributed by atoms with van der Waals surface area (Å²) in [7, 11) is 0. The van der Waals surface area contributed by atoms with E-state index in [1.165, 1.54) is 0 Å². The van der Waals surface area contributed by atoms with Gasteiger partial charge in [-0.05, 0) is 50.2 Å². The van der Waals surface area contributed by atoms with Gasteiger partial charge in [-0.15, -0.1) is 0 Å². The van der Waals surface area contributed by atoms with Crippen LogP contribution in [0.25, 0.3) is 5.69 Å². The molecule has 6 nitrogen and oxygen atoms in total. The topological polar surface area (TPSA) is 64.8 Å². The summed E-state index contributed by atoms with van der Waals surface area (Å²) in [6, 6.07) is 14.7. The third kappa shape index (κ3) is 4.01. The lowest BCUT2D eigenvalue weighted by Gasteiger charge is -2.24. The van der Waals surface area contributed by atoms with E-state index in [0.717, 1.165) is 22.6 Å². The van der Waals surface area contributed by atoms with Gasteiger partial charge in [0.2, 0.25) is 6.10 Å². The first-order valence-electron chi connectivity index (χ1n) is 9.30. The number of benzene rings is 2. The van der Waals surface area contributed by atoms with Crippen LogP contribution in [0.2, 0.25) is 10.0 Å². The van der Waals surface area contributed by atoms with E-state index in [0.29, 0.717) is 21.5 Å². The number of ether oxygens (including phenoxy) is 2. The molecule has 0 spiro atoms.